The summed E-state index contributed by atoms with van der Waals surface area (Å²) in [6, 6.07) is 6.14. The number of thioether (sulfide) groups is 1. The molecule has 0 spiro atoms. The van der Waals surface area contributed by atoms with Gasteiger partial charge in [-0.2, -0.15) is 0 Å². The van der Waals surface area contributed by atoms with Gasteiger partial charge in [0.15, 0.2) is 10.9 Å². The first-order valence-electron chi connectivity index (χ1n) is 11.3. The Bertz CT molecular complexity index is 851. The number of carbonyl (C=O) groups excluding carboxylic acids is 2. The Morgan fingerprint density at radius 3 is 2.41 bits per heavy atom. The molecule has 0 amide bonds. The van der Waals surface area contributed by atoms with Crippen LogP contribution in [0.3, 0.4) is 0 Å². The van der Waals surface area contributed by atoms with Gasteiger partial charge in [-0.3, -0.25) is 19.4 Å². The quantitative estimate of drug-likeness (QED) is 0.508. The van der Waals surface area contributed by atoms with Crippen LogP contribution in [0.15, 0.2) is 35.9 Å². The number of halogens is 4. The first-order chi connectivity index (χ1) is 15.0. The van der Waals surface area contributed by atoms with E-state index in [9.17, 15) is 14.0 Å². The van der Waals surface area contributed by atoms with E-state index in [2.05, 4.69) is 21.2 Å². The molecule has 1 aromatic carbocycles. The van der Waals surface area contributed by atoms with E-state index < -0.39 is 6.04 Å². The number of Topliss-reactive ketones (excluding diaryl/α,β-unsaturated/α-hetero) is 1. The maximum absolute atomic E-state index is 14.7. The SMILES string of the molecule is CC(=O)SC1CCN(C(C(=O)C2CC2)c2ccccc2F)CC1=CCN1CCNCC1.Cl.Cl.Cl. The third-order valence-corrected chi connectivity index (χ3v) is 7.58. The van der Waals surface area contributed by atoms with Crippen LogP contribution >= 0.6 is 49.0 Å². The van der Waals surface area contributed by atoms with Crippen molar-refractivity contribution in [3.63, 3.8) is 0 Å². The summed E-state index contributed by atoms with van der Waals surface area (Å²) < 4.78 is 14.7. The molecule has 34 heavy (non-hydrogen) atoms. The minimum atomic E-state index is -0.542. The number of hydrogen-bond acceptors (Lipinski definition) is 6. The van der Waals surface area contributed by atoms with Crippen LogP contribution in [0.25, 0.3) is 0 Å². The molecule has 2 unspecified atom stereocenters. The molecule has 2 saturated heterocycles. The largest absolute Gasteiger partial charge is 0.314 e. The molecule has 2 heterocycles. The van der Waals surface area contributed by atoms with Crippen LogP contribution in [0.1, 0.15) is 37.8 Å². The smallest absolute Gasteiger partial charge is 0.186 e. The van der Waals surface area contributed by atoms with Crippen molar-refractivity contribution in [2.45, 2.75) is 37.5 Å². The molecule has 1 aromatic rings. The molecular formula is C24H35Cl3FN3O2S. The van der Waals surface area contributed by atoms with Gasteiger partial charge in [-0.15, -0.1) is 37.2 Å². The fraction of sp³-hybridized carbons (Fsp3) is 0.583. The van der Waals surface area contributed by atoms with E-state index in [-0.39, 0.29) is 65.1 Å². The van der Waals surface area contributed by atoms with Crippen LogP contribution in [0.5, 0.6) is 0 Å². The zero-order valence-electron chi connectivity index (χ0n) is 19.4. The second kappa shape index (κ2) is 14.8. The molecule has 1 aliphatic carbocycles. The second-order valence-electron chi connectivity index (χ2n) is 8.79. The summed E-state index contributed by atoms with van der Waals surface area (Å²) in [6.45, 7) is 7.76. The van der Waals surface area contributed by atoms with Crippen LogP contribution in [0.2, 0.25) is 0 Å². The molecule has 1 N–H and O–H groups in total. The molecular weight excluding hydrogens is 520 g/mol. The lowest BCUT2D eigenvalue weighted by Crippen LogP contribution is -2.45. The minimum Gasteiger partial charge on any atom is -0.314 e. The van der Waals surface area contributed by atoms with Gasteiger partial charge in [0, 0.05) is 69.5 Å². The third kappa shape index (κ3) is 8.19. The summed E-state index contributed by atoms with van der Waals surface area (Å²) in [4.78, 5) is 29.6. The monoisotopic (exact) mass is 553 g/mol. The second-order valence-corrected chi connectivity index (χ2v) is 10.2. The lowest BCUT2D eigenvalue weighted by Gasteiger charge is -2.39. The molecule has 1 saturated carbocycles. The zero-order chi connectivity index (χ0) is 21.8. The van der Waals surface area contributed by atoms with E-state index in [0.29, 0.717) is 18.7 Å². The Balaban J connectivity index is 0.00000193. The Hall–Kier alpha value is -0.670. The molecule has 3 aliphatic rings. The summed E-state index contributed by atoms with van der Waals surface area (Å²) in [6.07, 6.45) is 4.86. The van der Waals surface area contributed by atoms with Crippen LogP contribution in [0, 0.1) is 11.7 Å². The summed E-state index contributed by atoms with van der Waals surface area (Å²) in [5.41, 5.74) is 1.67. The summed E-state index contributed by atoms with van der Waals surface area (Å²) in [5, 5.41) is 3.62. The molecule has 0 bridgehead atoms. The number of carbonyl (C=O) groups is 2. The van der Waals surface area contributed by atoms with Crippen molar-refractivity contribution in [2.75, 3.05) is 45.8 Å². The van der Waals surface area contributed by atoms with Gasteiger partial charge in [0.1, 0.15) is 5.82 Å². The van der Waals surface area contributed by atoms with E-state index in [1.807, 2.05) is 6.07 Å². The maximum atomic E-state index is 14.7. The van der Waals surface area contributed by atoms with Crippen LogP contribution in [-0.2, 0) is 9.59 Å². The average molecular weight is 555 g/mol. The summed E-state index contributed by atoms with van der Waals surface area (Å²) >= 11 is 1.39. The van der Waals surface area contributed by atoms with Crippen LogP contribution < -0.4 is 5.32 Å². The minimum absolute atomic E-state index is 0. The van der Waals surface area contributed by atoms with Crippen LogP contribution in [-0.4, -0.2) is 71.8 Å². The van der Waals surface area contributed by atoms with Gasteiger partial charge in [-0.1, -0.05) is 36.0 Å². The molecule has 0 radical (unpaired) electrons. The highest BCUT2D eigenvalue weighted by atomic mass is 35.5. The lowest BCUT2D eigenvalue weighted by molar-refractivity contribution is -0.126. The number of piperazine rings is 1. The fourth-order valence-electron chi connectivity index (χ4n) is 4.59. The molecule has 0 aromatic heterocycles. The van der Waals surface area contributed by atoms with Gasteiger partial charge >= 0.3 is 0 Å². The topological polar surface area (TPSA) is 52.7 Å². The number of likely N-dealkylation sites (tertiary alicyclic amines) is 1. The number of rotatable bonds is 7. The molecule has 4 rings (SSSR count). The first kappa shape index (κ1) is 31.4. The van der Waals surface area contributed by atoms with Crippen molar-refractivity contribution in [3.05, 3.63) is 47.3 Å². The van der Waals surface area contributed by atoms with Gasteiger partial charge in [0.25, 0.3) is 0 Å². The third-order valence-electron chi connectivity index (χ3n) is 6.42. The van der Waals surface area contributed by atoms with Gasteiger partial charge in [-0.25, -0.2) is 4.39 Å². The standard InChI is InChI=1S/C24H32FN3O2S.3ClH/c1-17(29)31-22-9-13-28(16-19(22)8-12-27-14-10-26-11-15-27)23(24(30)18-6-7-18)20-4-2-3-5-21(20)25;;;/h2-5,8,18,22-23,26H,6-7,9-16H2,1H3;3*1H. The number of hydrogen-bond donors (Lipinski definition) is 1. The Labute approximate surface area is 224 Å². The van der Waals surface area contributed by atoms with Gasteiger partial charge in [0.05, 0.1) is 6.04 Å². The maximum Gasteiger partial charge on any atom is 0.186 e. The predicted octanol–water partition coefficient (Wildman–Crippen LogP) is 4.30. The molecule has 192 valence electrons. The molecule has 5 nitrogen and oxygen atoms in total. The normalized spacial score (nSPS) is 23.2. The van der Waals surface area contributed by atoms with Gasteiger partial charge in [0.2, 0.25) is 0 Å². The van der Waals surface area contributed by atoms with Crippen LogP contribution in [0.4, 0.5) is 4.39 Å². The van der Waals surface area contributed by atoms with Crippen molar-refractivity contribution >= 4 is 59.9 Å². The van der Waals surface area contributed by atoms with E-state index in [0.717, 1.165) is 52.0 Å². The summed E-state index contributed by atoms with van der Waals surface area (Å²) in [7, 11) is 0. The number of ketones is 1. The lowest BCUT2D eigenvalue weighted by atomic mass is 9.93. The molecule has 10 heteroatoms. The fourth-order valence-corrected chi connectivity index (χ4v) is 5.54. The average Bonchev–Trinajstić information content (AvgIpc) is 3.61. The van der Waals surface area contributed by atoms with Crippen molar-refractivity contribution < 1.29 is 14.0 Å². The van der Waals surface area contributed by atoms with E-state index in [1.54, 1.807) is 19.1 Å². The van der Waals surface area contributed by atoms with Crippen molar-refractivity contribution in [1.82, 2.24) is 15.1 Å². The number of nitrogens with zero attached hydrogens (tertiary/aromatic N) is 2. The molecule has 3 fully saturated rings. The van der Waals surface area contributed by atoms with Gasteiger partial charge < -0.3 is 5.32 Å². The van der Waals surface area contributed by atoms with E-state index >= 15 is 0 Å². The Kier molecular flexibility index (Phi) is 13.6. The van der Waals surface area contributed by atoms with E-state index in [4.69, 9.17) is 0 Å². The zero-order valence-corrected chi connectivity index (χ0v) is 22.7. The number of nitrogens with one attached hydrogen (secondary N) is 1. The molecule has 2 aliphatic heterocycles. The predicted molar refractivity (Wildman–Crippen MR) is 144 cm³/mol. The number of piperidine rings is 1. The summed E-state index contributed by atoms with van der Waals surface area (Å²) in [5.74, 6) is -0.112. The highest BCUT2D eigenvalue weighted by Gasteiger charge is 2.41. The Morgan fingerprint density at radius 2 is 1.79 bits per heavy atom. The number of benzene rings is 1. The highest BCUT2D eigenvalue weighted by molar-refractivity contribution is 8.14. The highest BCUT2D eigenvalue weighted by Crippen LogP contribution is 2.40. The van der Waals surface area contributed by atoms with Crippen molar-refractivity contribution in [2.24, 2.45) is 5.92 Å². The van der Waals surface area contributed by atoms with Crippen molar-refractivity contribution in [1.29, 1.82) is 0 Å². The van der Waals surface area contributed by atoms with Crippen molar-refractivity contribution in [3.8, 4) is 0 Å². The Morgan fingerprint density at radius 1 is 1.12 bits per heavy atom. The van der Waals surface area contributed by atoms with Gasteiger partial charge in [-0.05, 0) is 30.9 Å². The molecule has 2 atom stereocenters. The first-order valence-corrected chi connectivity index (χ1v) is 12.2. The van der Waals surface area contributed by atoms with E-state index in [1.165, 1.54) is 23.4 Å².